The van der Waals surface area contributed by atoms with E-state index in [-0.39, 0.29) is 5.91 Å². The van der Waals surface area contributed by atoms with Gasteiger partial charge in [0.2, 0.25) is 5.91 Å². The van der Waals surface area contributed by atoms with Crippen LogP contribution in [0.1, 0.15) is 32.3 Å². The van der Waals surface area contributed by atoms with Gasteiger partial charge in [-0.25, -0.2) is 0 Å². The van der Waals surface area contributed by atoms with E-state index in [1.54, 1.807) is 32.2 Å². The van der Waals surface area contributed by atoms with Gasteiger partial charge in [-0.15, -0.1) is 0 Å². The SMILES string of the molecule is CCCC(C)(N)C(=O)NCc1c(Cl)cccc1OC. The van der Waals surface area contributed by atoms with E-state index in [0.29, 0.717) is 23.7 Å². The van der Waals surface area contributed by atoms with Crippen molar-refractivity contribution >= 4 is 17.5 Å². The Balaban J connectivity index is 2.75. The number of hydrogen-bond donors (Lipinski definition) is 2. The van der Waals surface area contributed by atoms with Crippen LogP contribution in [-0.2, 0) is 11.3 Å². The fraction of sp³-hybridized carbons (Fsp3) is 0.500. The fourth-order valence-corrected chi connectivity index (χ4v) is 2.14. The van der Waals surface area contributed by atoms with Crippen molar-refractivity contribution in [2.75, 3.05) is 7.11 Å². The highest BCUT2D eigenvalue weighted by Crippen LogP contribution is 2.26. The minimum Gasteiger partial charge on any atom is -0.496 e. The van der Waals surface area contributed by atoms with Gasteiger partial charge in [0.25, 0.3) is 0 Å². The molecule has 0 heterocycles. The molecule has 106 valence electrons. The predicted octanol–water partition coefficient (Wildman–Crippen LogP) is 2.48. The molecule has 0 bridgehead atoms. The molecular weight excluding hydrogens is 264 g/mol. The summed E-state index contributed by atoms with van der Waals surface area (Å²) < 4.78 is 5.22. The van der Waals surface area contributed by atoms with Crippen LogP contribution in [-0.4, -0.2) is 18.6 Å². The van der Waals surface area contributed by atoms with E-state index >= 15 is 0 Å². The molecule has 1 unspecified atom stereocenters. The molecule has 1 amide bonds. The first kappa shape index (κ1) is 15.8. The number of nitrogens with two attached hydrogens (primary N) is 1. The molecule has 0 aliphatic rings. The molecule has 4 nitrogen and oxygen atoms in total. The normalized spacial score (nSPS) is 13.7. The summed E-state index contributed by atoms with van der Waals surface area (Å²) in [7, 11) is 1.57. The number of hydrogen-bond acceptors (Lipinski definition) is 3. The third-order valence-electron chi connectivity index (χ3n) is 3.01. The minimum atomic E-state index is -0.858. The molecule has 0 aliphatic heterocycles. The van der Waals surface area contributed by atoms with Crippen molar-refractivity contribution < 1.29 is 9.53 Å². The molecule has 0 saturated heterocycles. The van der Waals surface area contributed by atoms with Crippen molar-refractivity contribution in [2.45, 2.75) is 38.8 Å². The summed E-state index contributed by atoms with van der Waals surface area (Å²) in [6.45, 7) is 4.03. The van der Waals surface area contributed by atoms with E-state index in [4.69, 9.17) is 22.1 Å². The minimum absolute atomic E-state index is 0.184. The first-order chi connectivity index (χ1) is 8.92. The van der Waals surface area contributed by atoms with Gasteiger partial charge < -0.3 is 15.8 Å². The lowest BCUT2D eigenvalue weighted by Gasteiger charge is -2.23. The van der Waals surface area contributed by atoms with Crippen LogP contribution >= 0.6 is 11.6 Å². The molecule has 0 fully saturated rings. The van der Waals surface area contributed by atoms with Crippen molar-refractivity contribution in [1.82, 2.24) is 5.32 Å². The van der Waals surface area contributed by atoms with E-state index in [0.717, 1.165) is 12.0 Å². The van der Waals surface area contributed by atoms with Gasteiger partial charge in [-0.3, -0.25) is 4.79 Å². The third-order valence-corrected chi connectivity index (χ3v) is 3.36. The van der Waals surface area contributed by atoms with Crippen molar-refractivity contribution in [3.05, 3.63) is 28.8 Å². The van der Waals surface area contributed by atoms with Crippen molar-refractivity contribution in [1.29, 1.82) is 0 Å². The van der Waals surface area contributed by atoms with Gasteiger partial charge >= 0.3 is 0 Å². The number of methoxy groups -OCH3 is 1. The third kappa shape index (κ3) is 4.11. The highest BCUT2D eigenvalue weighted by Gasteiger charge is 2.27. The number of carbonyl (C=O) groups is 1. The van der Waals surface area contributed by atoms with Crippen LogP contribution in [0.5, 0.6) is 5.75 Å². The summed E-state index contributed by atoms with van der Waals surface area (Å²) in [6.07, 6.45) is 1.49. The van der Waals surface area contributed by atoms with Crippen molar-refractivity contribution in [2.24, 2.45) is 5.73 Å². The Morgan fingerprint density at radius 1 is 1.53 bits per heavy atom. The predicted molar refractivity (Wildman–Crippen MR) is 77.4 cm³/mol. The highest BCUT2D eigenvalue weighted by atomic mass is 35.5. The van der Waals surface area contributed by atoms with Crippen LogP contribution in [0, 0.1) is 0 Å². The molecular formula is C14H21ClN2O2. The Kier molecular flexibility index (Phi) is 5.63. The van der Waals surface area contributed by atoms with Crippen LogP contribution in [0.2, 0.25) is 5.02 Å². The summed E-state index contributed by atoms with van der Waals surface area (Å²) in [5.74, 6) is 0.471. The summed E-state index contributed by atoms with van der Waals surface area (Å²) in [5, 5.41) is 3.37. The van der Waals surface area contributed by atoms with Crippen LogP contribution in [0.25, 0.3) is 0 Å². The molecule has 0 aromatic heterocycles. The summed E-state index contributed by atoms with van der Waals surface area (Å²) in [6, 6.07) is 5.37. The highest BCUT2D eigenvalue weighted by molar-refractivity contribution is 6.31. The van der Waals surface area contributed by atoms with Gasteiger partial charge in [0.1, 0.15) is 5.75 Å². The summed E-state index contributed by atoms with van der Waals surface area (Å²) >= 11 is 6.10. The maximum Gasteiger partial charge on any atom is 0.240 e. The molecule has 5 heteroatoms. The molecule has 1 atom stereocenters. The molecule has 1 aromatic carbocycles. The van der Waals surface area contributed by atoms with Crippen LogP contribution < -0.4 is 15.8 Å². The maximum absolute atomic E-state index is 12.0. The van der Waals surface area contributed by atoms with E-state index in [1.165, 1.54) is 0 Å². The van der Waals surface area contributed by atoms with Crippen LogP contribution in [0.15, 0.2) is 18.2 Å². The number of halogens is 1. The number of ether oxygens (including phenoxy) is 1. The average Bonchev–Trinajstić information content (AvgIpc) is 2.36. The van der Waals surface area contributed by atoms with E-state index in [9.17, 15) is 4.79 Å². The Morgan fingerprint density at radius 3 is 2.79 bits per heavy atom. The number of carbonyl (C=O) groups excluding carboxylic acids is 1. The fourth-order valence-electron chi connectivity index (χ4n) is 1.91. The van der Waals surface area contributed by atoms with E-state index in [1.807, 2.05) is 6.92 Å². The lowest BCUT2D eigenvalue weighted by molar-refractivity contribution is -0.126. The Hall–Kier alpha value is -1.26. The van der Waals surface area contributed by atoms with Gasteiger partial charge in [0, 0.05) is 17.1 Å². The van der Waals surface area contributed by atoms with Gasteiger partial charge in [0.15, 0.2) is 0 Å². The number of rotatable bonds is 6. The first-order valence-electron chi connectivity index (χ1n) is 6.31. The van der Waals surface area contributed by atoms with Crippen molar-refractivity contribution in [3.8, 4) is 5.75 Å². The lowest BCUT2D eigenvalue weighted by atomic mass is 9.96. The zero-order valence-corrected chi connectivity index (χ0v) is 12.4. The van der Waals surface area contributed by atoms with Gasteiger partial charge in [-0.2, -0.15) is 0 Å². The Morgan fingerprint density at radius 2 is 2.21 bits per heavy atom. The molecule has 0 radical (unpaired) electrons. The molecule has 0 aliphatic carbocycles. The van der Waals surface area contributed by atoms with E-state index < -0.39 is 5.54 Å². The van der Waals surface area contributed by atoms with Gasteiger partial charge in [-0.1, -0.05) is 31.0 Å². The lowest BCUT2D eigenvalue weighted by Crippen LogP contribution is -2.51. The second kappa shape index (κ2) is 6.78. The molecule has 1 aromatic rings. The summed E-state index contributed by atoms with van der Waals surface area (Å²) in [4.78, 5) is 12.0. The number of amides is 1. The molecule has 3 N–H and O–H groups in total. The topological polar surface area (TPSA) is 64.4 Å². The second-order valence-corrected chi connectivity index (χ2v) is 5.18. The second-order valence-electron chi connectivity index (χ2n) is 4.77. The summed E-state index contributed by atoms with van der Waals surface area (Å²) in [5.41, 5.74) is 5.87. The monoisotopic (exact) mass is 284 g/mol. The number of benzene rings is 1. The standard InChI is InChI=1S/C14H21ClN2O2/c1-4-8-14(2,16)13(18)17-9-10-11(15)6-5-7-12(10)19-3/h5-7H,4,8-9,16H2,1-3H3,(H,17,18). The largest absolute Gasteiger partial charge is 0.496 e. The number of nitrogens with one attached hydrogen (secondary N) is 1. The van der Waals surface area contributed by atoms with E-state index in [2.05, 4.69) is 5.32 Å². The molecule has 19 heavy (non-hydrogen) atoms. The quantitative estimate of drug-likeness (QED) is 0.843. The molecule has 0 spiro atoms. The average molecular weight is 285 g/mol. The smallest absolute Gasteiger partial charge is 0.240 e. The maximum atomic E-state index is 12.0. The Labute approximate surface area is 119 Å². The Bertz CT molecular complexity index is 447. The molecule has 0 saturated carbocycles. The molecule has 1 rings (SSSR count). The first-order valence-corrected chi connectivity index (χ1v) is 6.68. The van der Waals surface area contributed by atoms with Gasteiger partial charge in [0.05, 0.1) is 12.6 Å². The van der Waals surface area contributed by atoms with Gasteiger partial charge in [-0.05, 0) is 25.5 Å². The van der Waals surface area contributed by atoms with Crippen molar-refractivity contribution in [3.63, 3.8) is 0 Å². The van der Waals surface area contributed by atoms with Crippen LogP contribution in [0.4, 0.5) is 0 Å². The zero-order valence-electron chi connectivity index (χ0n) is 11.6. The zero-order chi connectivity index (χ0) is 14.5. The van der Waals surface area contributed by atoms with Crippen LogP contribution in [0.3, 0.4) is 0 Å².